The summed E-state index contributed by atoms with van der Waals surface area (Å²) in [5.41, 5.74) is 4.35. The number of rotatable bonds is 7. The van der Waals surface area contributed by atoms with E-state index in [9.17, 15) is 5.11 Å². The van der Waals surface area contributed by atoms with Gasteiger partial charge in [-0.15, -0.1) is 11.3 Å². The molecule has 2 aromatic heterocycles. The van der Waals surface area contributed by atoms with Gasteiger partial charge in [0.25, 0.3) is 0 Å². The third kappa shape index (κ3) is 5.46. The Labute approximate surface area is 216 Å². The third-order valence-corrected chi connectivity index (χ3v) is 8.57. The molecule has 2 aromatic carbocycles. The maximum absolute atomic E-state index is 10.3. The van der Waals surface area contributed by atoms with Crippen LogP contribution in [0.15, 0.2) is 60.8 Å². The molecule has 1 saturated heterocycles. The molecule has 1 N–H and O–H groups in total. The van der Waals surface area contributed by atoms with E-state index in [2.05, 4.69) is 40.2 Å². The Morgan fingerprint density at radius 3 is 2.56 bits per heavy atom. The lowest BCUT2D eigenvalue weighted by molar-refractivity contribution is 0.0700. The molecule has 5 nitrogen and oxygen atoms in total. The summed E-state index contributed by atoms with van der Waals surface area (Å²) >= 11 is 1.71. The standard InChI is InChI=1S/C30H33N3O2S/c34-28-6-2-1-5-23(28)17-30-32-26-12-11-24(19-29(26)36-30)35-25-13-14-31-27(18-25)22-9-7-21(8-10-22)20-33-15-3-4-16-33/h7-14,18-19,23,28,34H,1-6,15-17,20H2/t23-,28+/m0/s1. The zero-order chi connectivity index (χ0) is 24.3. The number of fused-ring (bicyclic) bond motifs is 1. The monoisotopic (exact) mass is 499 g/mol. The number of thiazole rings is 1. The van der Waals surface area contributed by atoms with Crippen LogP contribution in [0, 0.1) is 5.92 Å². The van der Waals surface area contributed by atoms with Gasteiger partial charge < -0.3 is 9.84 Å². The van der Waals surface area contributed by atoms with Crippen LogP contribution < -0.4 is 4.74 Å². The molecule has 186 valence electrons. The summed E-state index contributed by atoms with van der Waals surface area (Å²) < 4.78 is 7.35. The minimum Gasteiger partial charge on any atom is -0.457 e. The number of nitrogens with zero attached hydrogens (tertiary/aromatic N) is 3. The Kier molecular flexibility index (Phi) is 6.99. The van der Waals surface area contributed by atoms with Gasteiger partial charge in [-0.05, 0) is 68.5 Å². The lowest BCUT2D eigenvalue weighted by atomic mass is 9.84. The van der Waals surface area contributed by atoms with Crippen molar-refractivity contribution in [2.75, 3.05) is 13.1 Å². The molecule has 3 heterocycles. The molecular weight excluding hydrogens is 466 g/mol. The quantitative estimate of drug-likeness (QED) is 0.302. The Morgan fingerprint density at radius 2 is 1.72 bits per heavy atom. The van der Waals surface area contributed by atoms with Crippen LogP contribution in [-0.4, -0.2) is 39.2 Å². The lowest BCUT2D eigenvalue weighted by Gasteiger charge is -2.26. The minimum absolute atomic E-state index is 0.188. The molecule has 1 saturated carbocycles. The van der Waals surface area contributed by atoms with Gasteiger partial charge in [0.1, 0.15) is 11.5 Å². The molecule has 1 aliphatic heterocycles. The van der Waals surface area contributed by atoms with Gasteiger partial charge in [-0.3, -0.25) is 9.88 Å². The number of hydrogen-bond donors (Lipinski definition) is 1. The van der Waals surface area contributed by atoms with Crippen molar-refractivity contribution in [1.82, 2.24) is 14.9 Å². The molecule has 2 atom stereocenters. The predicted molar refractivity (Wildman–Crippen MR) is 146 cm³/mol. The van der Waals surface area contributed by atoms with Gasteiger partial charge in [0.15, 0.2) is 0 Å². The number of ether oxygens (including phenoxy) is 1. The summed E-state index contributed by atoms with van der Waals surface area (Å²) in [4.78, 5) is 11.9. The highest BCUT2D eigenvalue weighted by atomic mass is 32.1. The van der Waals surface area contributed by atoms with Crippen LogP contribution in [0.5, 0.6) is 11.5 Å². The summed E-state index contributed by atoms with van der Waals surface area (Å²) in [6.07, 6.45) is 9.48. The topological polar surface area (TPSA) is 58.5 Å². The molecule has 0 radical (unpaired) electrons. The van der Waals surface area contributed by atoms with E-state index >= 15 is 0 Å². The summed E-state index contributed by atoms with van der Waals surface area (Å²) in [5.74, 6) is 1.91. The van der Waals surface area contributed by atoms with Crippen LogP contribution in [-0.2, 0) is 13.0 Å². The van der Waals surface area contributed by atoms with Crippen LogP contribution in [0.4, 0.5) is 0 Å². The van der Waals surface area contributed by atoms with Crippen molar-refractivity contribution >= 4 is 21.6 Å². The fourth-order valence-corrected chi connectivity index (χ4v) is 6.59. The Bertz CT molecular complexity index is 1310. The van der Waals surface area contributed by atoms with Crippen LogP contribution in [0.1, 0.15) is 49.1 Å². The Hall–Kier alpha value is -2.80. The molecule has 1 aliphatic carbocycles. The normalized spacial score (nSPS) is 20.7. The van der Waals surface area contributed by atoms with Crippen molar-refractivity contribution < 1.29 is 9.84 Å². The fraction of sp³-hybridized carbons (Fsp3) is 0.400. The number of aliphatic hydroxyl groups is 1. The first-order chi connectivity index (χ1) is 17.7. The van der Waals surface area contributed by atoms with E-state index in [1.807, 2.05) is 30.5 Å². The van der Waals surface area contributed by atoms with Gasteiger partial charge >= 0.3 is 0 Å². The first-order valence-corrected chi connectivity index (χ1v) is 14.0. The zero-order valence-electron chi connectivity index (χ0n) is 20.6. The van der Waals surface area contributed by atoms with Gasteiger partial charge in [0.2, 0.25) is 0 Å². The molecular formula is C30H33N3O2S. The molecule has 0 spiro atoms. The number of hydrogen-bond acceptors (Lipinski definition) is 6. The molecule has 2 aliphatic rings. The van der Waals surface area contributed by atoms with E-state index in [0.717, 1.165) is 70.2 Å². The largest absolute Gasteiger partial charge is 0.457 e. The van der Waals surface area contributed by atoms with E-state index < -0.39 is 0 Å². The molecule has 2 fully saturated rings. The Balaban J connectivity index is 1.14. The van der Waals surface area contributed by atoms with Crippen molar-refractivity contribution in [3.63, 3.8) is 0 Å². The van der Waals surface area contributed by atoms with Crippen LogP contribution in [0.2, 0.25) is 0 Å². The highest BCUT2D eigenvalue weighted by Crippen LogP contribution is 2.33. The SMILES string of the molecule is O[C@@H]1CCCC[C@H]1Cc1nc2ccc(Oc3ccnc(-c4ccc(CN5CCCC5)cc4)c3)cc2s1. The van der Waals surface area contributed by atoms with Gasteiger partial charge in [-0.25, -0.2) is 4.98 Å². The van der Waals surface area contributed by atoms with E-state index in [1.165, 1.54) is 37.9 Å². The number of pyridine rings is 1. The van der Waals surface area contributed by atoms with Gasteiger partial charge in [-0.2, -0.15) is 0 Å². The molecule has 6 rings (SSSR count). The third-order valence-electron chi connectivity index (χ3n) is 7.53. The molecule has 0 amide bonds. The van der Waals surface area contributed by atoms with Crippen molar-refractivity contribution in [2.45, 2.75) is 57.6 Å². The molecule has 36 heavy (non-hydrogen) atoms. The summed E-state index contributed by atoms with van der Waals surface area (Å²) in [7, 11) is 0. The fourth-order valence-electron chi connectivity index (χ4n) is 5.50. The minimum atomic E-state index is -0.188. The first-order valence-electron chi connectivity index (χ1n) is 13.2. The molecule has 6 heteroatoms. The highest BCUT2D eigenvalue weighted by Gasteiger charge is 2.24. The molecule has 0 unspecified atom stereocenters. The highest BCUT2D eigenvalue weighted by molar-refractivity contribution is 7.18. The van der Waals surface area contributed by atoms with Crippen LogP contribution in [0.25, 0.3) is 21.5 Å². The second-order valence-electron chi connectivity index (χ2n) is 10.2. The Morgan fingerprint density at radius 1 is 0.917 bits per heavy atom. The number of likely N-dealkylation sites (tertiary alicyclic amines) is 1. The van der Waals surface area contributed by atoms with Gasteiger partial charge in [-0.1, -0.05) is 37.1 Å². The smallest absolute Gasteiger partial charge is 0.131 e. The van der Waals surface area contributed by atoms with E-state index in [0.29, 0.717) is 5.92 Å². The second kappa shape index (κ2) is 10.7. The number of aromatic nitrogens is 2. The van der Waals surface area contributed by atoms with Crippen molar-refractivity contribution in [3.05, 3.63) is 71.4 Å². The van der Waals surface area contributed by atoms with Gasteiger partial charge in [0, 0.05) is 36.9 Å². The van der Waals surface area contributed by atoms with E-state index in [4.69, 9.17) is 9.72 Å². The maximum atomic E-state index is 10.3. The van der Waals surface area contributed by atoms with Gasteiger partial charge in [0.05, 0.1) is 27.0 Å². The first kappa shape index (κ1) is 23.6. The zero-order valence-corrected chi connectivity index (χ0v) is 21.4. The molecule has 4 aromatic rings. The number of benzene rings is 2. The van der Waals surface area contributed by atoms with Crippen molar-refractivity contribution in [2.24, 2.45) is 5.92 Å². The van der Waals surface area contributed by atoms with Crippen molar-refractivity contribution in [1.29, 1.82) is 0 Å². The van der Waals surface area contributed by atoms with Crippen molar-refractivity contribution in [3.8, 4) is 22.8 Å². The average Bonchev–Trinajstić information content (AvgIpc) is 3.55. The lowest BCUT2D eigenvalue weighted by Crippen LogP contribution is -2.26. The van der Waals surface area contributed by atoms with Crippen LogP contribution in [0.3, 0.4) is 0 Å². The summed E-state index contributed by atoms with van der Waals surface area (Å²) in [6.45, 7) is 3.45. The summed E-state index contributed by atoms with van der Waals surface area (Å²) in [5, 5.41) is 11.4. The predicted octanol–water partition coefficient (Wildman–Crippen LogP) is 6.84. The van der Waals surface area contributed by atoms with Crippen LogP contribution >= 0.6 is 11.3 Å². The second-order valence-corrected chi connectivity index (χ2v) is 11.3. The molecule has 0 bridgehead atoms. The van der Waals surface area contributed by atoms with E-state index in [1.54, 1.807) is 11.3 Å². The van der Waals surface area contributed by atoms with E-state index in [-0.39, 0.29) is 6.10 Å². The maximum Gasteiger partial charge on any atom is 0.131 e. The average molecular weight is 500 g/mol. The number of aliphatic hydroxyl groups excluding tert-OH is 1. The summed E-state index contributed by atoms with van der Waals surface area (Å²) in [6, 6.07) is 18.7.